The molecule has 4 aromatic rings. The van der Waals surface area contributed by atoms with Crippen LogP contribution in [0.2, 0.25) is 0 Å². The molecule has 4 rings (SSSR count). The van der Waals surface area contributed by atoms with E-state index in [1.807, 2.05) is 12.1 Å². The quantitative estimate of drug-likeness (QED) is 0.473. The fraction of sp³-hybridized carbons (Fsp3) is 0.130. The number of ether oxygens (including phenoxy) is 1. The van der Waals surface area contributed by atoms with Crippen LogP contribution < -0.4 is 4.74 Å². The molecule has 0 fully saturated rings. The maximum absolute atomic E-state index is 5.28. The maximum Gasteiger partial charge on any atom is 0.118 e. The molecule has 1 aromatic heterocycles. The number of methoxy groups -OCH3 is 1. The standard InChI is InChI=1S/C23H21NO/c1-25-21-13-11-18(12-14-21)17-23(19-7-3-2-4-8-19)24-16-15-20-9-5-6-10-22(20)24/h2-16,23H,17H2,1H3. The first-order valence-electron chi connectivity index (χ1n) is 8.58. The van der Waals surface area contributed by atoms with Crippen molar-refractivity contribution in [3.05, 3.63) is 102 Å². The Kier molecular flexibility index (Phi) is 4.26. The highest BCUT2D eigenvalue weighted by molar-refractivity contribution is 5.80. The van der Waals surface area contributed by atoms with Crippen LogP contribution in [0.1, 0.15) is 17.2 Å². The van der Waals surface area contributed by atoms with Crippen LogP contribution in [0.15, 0.2) is 91.1 Å². The van der Waals surface area contributed by atoms with Crippen molar-refractivity contribution in [2.45, 2.75) is 12.5 Å². The predicted octanol–water partition coefficient (Wildman–Crippen LogP) is 5.48. The van der Waals surface area contributed by atoms with Crippen molar-refractivity contribution >= 4 is 10.9 Å². The normalized spacial score (nSPS) is 12.2. The summed E-state index contributed by atoms with van der Waals surface area (Å²) in [5, 5.41) is 1.28. The molecule has 0 amide bonds. The Labute approximate surface area is 148 Å². The van der Waals surface area contributed by atoms with Crippen molar-refractivity contribution in [1.29, 1.82) is 0 Å². The van der Waals surface area contributed by atoms with E-state index >= 15 is 0 Å². The van der Waals surface area contributed by atoms with Gasteiger partial charge in [0.1, 0.15) is 5.75 Å². The van der Waals surface area contributed by atoms with E-state index in [0.29, 0.717) is 0 Å². The lowest BCUT2D eigenvalue weighted by atomic mass is 9.98. The van der Waals surface area contributed by atoms with Gasteiger partial charge in [0, 0.05) is 11.7 Å². The van der Waals surface area contributed by atoms with Crippen LogP contribution in [0.3, 0.4) is 0 Å². The molecule has 2 heteroatoms. The van der Waals surface area contributed by atoms with Gasteiger partial charge in [-0.25, -0.2) is 0 Å². The smallest absolute Gasteiger partial charge is 0.118 e. The maximum atomic E-state index is 5.28. The second-order valence-electron chi connectivity index (χ2n) is 6.26. The van der Waals surface area contributed by atoms with E-state index in [2.05, 4.69) is 83.6 Å². The van der Waals surface area contributed by atoms with Gasteiger partial charge >= 0.3 is 0 Å². The van der Waals surface area contributed by atoms with Gasteiger partial charge in [0.15, 0.2) is 0 Å². The summed E-state index contributed by atoms with van der Waals surface area (Å²) < 4.78 is 7.67. The molecule has 0 bridgehead atoms. The molecule has 124 valence electrons. The summed E-state index contributed by atoms with van der Waals surface area (Å²) in [6.45, 7) is 0. The Morgan fingerprint density at radius 1 is 0.800 bits per heavy atom. The van der Waals surface area contributed by atoms with Gasteiger partial charge in [0.05, 0.1) is 13.2 Å². The molecular weight excluding hydrogens is 306 g/mol. The third-order valence-corrected chi connectivity index (χ3v) is 4.74. The fourth-order valence-corrected chi connectivity index (χ4v) is 3.41. The molecule has 0 aliphatic carbocycles. The van der Waals surface area contributed by atoms with Gasteiger partial charge in [-0.05, 0) is 47.2 Å². The van der Waals surface area contributed by atoms with Crippen LogP contribution in [0, 0.1) is 0 Å². The van der Waals surface area contributed by atoms with E-state index in [-0.39, 0.29) is 6.04 Å². The molecule has 25 heavy (non-hydrogen) atoms. The zero-order chi connectivity index (χ0) is 17.1. The topological polar surface area (TPSA) is 14.2 Å². The Morgan fingerprint density at radius 3 is 2.28 bits per heavy atom. The van der Waals surface area contributed by atoms with Gasteiger partial charge in [-0.2, -0.15) is 0 Å². The van der Waals surface area contributed by atoms with Gasteiger partial charge < -0.3 is 9.30 Å². The Morgan fingerprint density at radius 2 is 1.52 bits per heavy atom. The summed E-state index contributed by atoms with van der Waals surface area (Å²) in [6.07, 6.45) is 3.14. The van der Waals surface area contributed by atoms with E-state index in [1.165, 1.54) is 22.0 Å². The lowest BCUT2D eigenvalue weighted by Crippen LogP contribution is -2.12. The average Bonchev–Trinajstić information content (AvgIpc) is 3.11. The first-order valence-corrected chi connectivity index (χ1v) is 8.58. The molecular formula is C23H21NO. The molecule has 0 saturated heterocycles. The largest absolute Gasteiger partial charge is 0.497 e. The summed E-state index contributed by atoms with van der Waals surface area (Å²) in [6, 6.07) is 30.1. The fourth-order valence-electron chi connectivity index (χ4n) is 3.41. The van der Waals surface area contributed by atoms with E-state index in [1.54, 1.807) is 7.11 Å². The molecule has 0 N–H and O–H groups in total. The summed E-state index contributed by atoms with van der Waals surface area (Å²) >= 11 is 0. The van der Waals surface area contributed by atoms with Gasteiger partial charge in [-0.1, -0.05) is 60.7 Å². The molecule has 2 nitrogen and oxygen atoms in total. The third kappa shape index (κ3) is 3.16. The van der Waals surface area contributed by atoms with Gasteiger partial charge in [0.25, 0.3) is 0 Å². The zero-order valence-electron chi connectivity index (χ0n) is 14.3. The van der Waals surface area contributed by atoms with Gasteiger partial charge in [-0.15, -0.1) is 0 Å². The number of benzene rings is 3. The summed E-state index contributed by atoms with van der Waals surface area (Å²) in [5.74, 6) is 0.895. The first kappa shape index (κ1) is 15.5. The molecule has 1 atom stereocenters. The lowest BCUT2D eigenvalue weighted by Gasteiger charge is -2.21. The van der Waals surface area contributed by atoms with Crippen LogP contribution in [0.5, 0.6) is 5.75 Å². The summed E-state index contributed by atoms with van der Waals surface area (Å²) in [4.78, 5) is 0. The summed E-state index contributed by atoms with van der Waals surface area (Å²) in [7, 11) is 1.70. The van der Waals surface area contributed by atoms with E-state index in [4.69, 9.17) is 4.74 Å². The molecule has 0 spiro atoms. The SMILES string of the molecule is COc1ccc(CC(c2ccccc2)n2ccc3ccccc32)cc1. The monoisotopic (exact) mass is 327 g/mol. The number of fused-ring (bicyclic) bond motifs is 1. The van der Waals surface area contributed by atoms with Gasteiger partial charge in [-0.3, -0.25) is 0 Å². The second-order valence-corrected chi connectivity index (χ2v) is 6.26. The summed E-state index contributed by atoms with van der Waals surface area (Å²) in [5.41, 5.74) is 3.89. The van der Waals surface area contributed by atoms with Crippen molar-refractivity contribution in [3.8, 4) is 5.75 Å². The highest BCUT2D eigenvalue weighted by atomic mass is 16.5. The second kappa shape index (κ2) is 6.86. The van der Waals surface area contributed by atoms with Crippen LogP contribution in [0.25, 0.3) is 10.9 Å². The Balaban J connectivity index is 1.76. The number of hydrogen-bond donors (Lipinski definition) is 0. The van der Waals surface area contributed by atoms with Crippen molar-refractivity contribution < 1.29 is 4.74 Å². The van der Waals surface area contributed by atoms with Crippen LogP contribution >= 0.6 is 0 Å². The highest BCUT2D eigenvalue weighted by Gasteiger charge is 2.16. The minimum absolute atomic E-state index is 0.259. The van der Waals surface area contributed by atoms with E-state index in [9.17, 15) is 0 Å². The molecule has 0 saturated carbocycles. The van der Waals surface area contributed by atoms with Crippen molar-refractivity contribution in [2.24, 2.45) is 0 Å². The Hall–Kier alpha value is -3.00. The predicted molar refractivity (Wildman–Crippen MR) is 103 cm³/mol. The van der Waals surface area contributed by atoms with E-state index in [0.717, 1.165) is 12.2 Å². The molecule has 1 unspecified atom stereocenters. The lowest BCUT2D eigenvalue weighted by molar-refractivity contribution is 0.414. The Bertz CT molecular complexity index is 954. The van der Waals surface area contributed by atoms with Crippen molar-refractivity contribution in [3.63, 3.8) is 0 Å². The molecule has 0 aliphatic heterocycles. The van der Waals surface area contributed by atoms with Crippen LogP contribution in [-0.2, 0) is 6.42 Å². The average molecular weight is 327 g/mol. The van der Waals surface area contributed by atoms with E-state index < -0.39 is 0 Å². The highest BCUT2D eigenvalue weighted by Crippen LogP contribution is 2.28. The first-order chi connectivity index (χ1) is 12.3. The third-order valence-electron chi connectivity index (χ3n) is 4.74. The molecule has 0 radical (unpaired) electrons. The van der Waals surface area contributed by atoms with Crippen molar-refractivity contribution in [2.75, 3.05) is 7.11 Å². The van der Waals surface area contributed by atoms with Crippen molar-refractivity contribution in [1.82, 2.24) is 4.57 Å². The molecule has 3 aromatic carbocycles. The molecule has 0 aliphatic rings. The zero-order valence-corrected chi connectivity index (χ0v) is 14.3. The molecule has 1 heterocycles. The number of hydrogen-bond acceptors (Lipinski definition) is 1. The van der Waals surface area contributed by atoms with Crippen LogP contribution in [-0.4, -0.2) is 11.7 Å². The number of aromatic nitrogens is 1. The number of rotatable bonds is 5. The minimum atomic E-state index is 0.259. The minimum Gasteiger partial charge on any atom is -0.497 e. The number of para-hydroxylation sites is 1. The number of nitrogens with zero attached hydrogens (tertiary/aromatic N) is 1. The van der Waals surface area contributed by atoms with Gasteiger partial charge in [0.2, 0.25) is 0 Å². The van der Waals surface area contributed by atoms with Crippen LogP contribution in [0.4, 0.5) is 0 Å².